The Kier molecular flexibility index (Phi) is 4.22. The van der Waals surface area contributed by atoms with Gasteiger partial charge in [-0.1, -0.05) is 12.1 Å². The van der Waals surface area contributed by atoms with Crippen LogP contribution in [0.25, 0.3) is 0 Å². The molecule has 4 heteroatoms. The predicted octanol–water partition coefficient (Wildman–Crippen LogP) is 2.34. The molecule has 2 rings (SSSR count). The summed E-state index contributed by atoms with van der Waals surface area (Å²) in [6.45, 7) is 5.61. The third-order valence-electron chi connectivity index (χ3n) is 3.04. The van der Waals surface area contributed by atoms with Crippen LogP contribution in [0.2, 0.25) is 0 Å². The van der Waals surface area contributed by atoms with Gasteiger partial charge in [-0.2, -0.15) is 5.10 Å². The van der Waals surface area contributed by atoms with E-state index in [2.05, 4.69) is 36.4 Å². The third-order valence-corrected chi connectivity index (χ3v) is 3.04. The number of nitrogens with one attached hydrogen (secondary N) is 1. The Hall–Kier alpha value is -1.81. The van der Waals surface area contributed by atoms with Crippen molar-refractivity contribution in [1.82, 2.24) is 15.1 Å². The highest BCUT2D eigenvalue weighted by Gasteiger charge is 2.07. The van der Waals surface area contributed by atoms with Gasteiger partial charge in [0.05, 0.1) is 6.20 Å². The van der Waals surface area contributed by atoms with Crippen molar-refractivity contribution >= 4 is 0 Å². The van der Waals surface area contributed by atoms with Crippen LogP contribution < -0.4 is 10.1 Å². The summed E-state index contributed by atoms with van der Waals surface area (Å²) >= 11 is 0. The van der Waals surface area contributed by atoms with Gasteiger partial charge < -0.3 is 10.1 Å². The lowest BCUT2D eigenvalue weighted by atomic mass is 10.1. The van der Waals surface area contributed by atoms with E-state index in [1.54, 1.807) is 4.68 Å². The molecule has 1 aromatic heterocycles. The zero-order valence-corrected chi connectivity index (χ0v) is 12.0. The molecule has 0 aliphatic carbocycles. The summed E-state index contributed by atoms with van der Waals surface area (Å²) in [7, 11) is 3.87. The SMILES string of the molecule is CNCc1cc(C)c(OCc2cnn(C)c2)c(C)c1. The molecular weight excluding hydrogens is 238 g/mol. The highest BCUT2D eigenvalue weighted by molar-refractivity contribution is 5.43. The molecule has 0 fully saturated rings. The molecule has 0 unspecified atom stereocenters. The largest absolute Gasteiger partial charge is 0.488 e. The van der Waals surface area contributed by atoms with Crippen molar-refractivity contribution in [3.63, 3.8) is 0 Å². The summed E-state index contributed by atoms with van der Waals surface area (Å²) in [6.07, 6.45) is 3.81. The molecule has 0 saturated carbocycles. The molecule has 19 heavy (non-hydrogen) atoms. The van der Waals surface area contributed by atoms with Crippen LogP contribution in [0.15, 0.2) is 24.5 Å². The van der Waals surface area contributed by atoms with Gasteiger partial charge in [0.1, 0.15) is 12.4 Å². The zero-order chi connectivity index (χ0) is 13.8. The molecule has 0 aliphatic rings. The second-order valence-electron chi connectivity index (χ2n) is 4.90. The highest BCUT2D eigenvalue weighted by atomic mass is 16.5. The van der Waals surface area contributed by atoms with E-state index in [9.17, 15) is 0 Å². The van der Waals surface area contributed by atoms with Crippen LogP contribution >= 0.6 is 0 Å². The lowest BCUT2D eigenvalue weighted by molar-refractivity contribution is 0.301. The smallest absolute Gasteiger partial charge is 0.125 e. The molecule has 0 amide bonds. The standard InChI is InChI=1S/C15H21N3O/c1-11-5-13(7-16-3)6-12(2)15(11)19-10-14-8-17-18(4)9-14/h5-6,8-9,16H,7,10H2,1-4H3. The summed E-state index contributed by atoms with van der Waals surface area (Å²) < 4.78 is 7.71. The van der Waals surface area contributed by atoms with Crippen molar-refractivity contribution in [3.05, 3.63) is 46.8 Å². The number of aromatic nitrogens is 2. The molecule has 0 spiro atoms. The highest BCUT2D eigenvalue weighted by Crippen LogP contribution is 2.25. The Morgan fingerprint density at radius 3 is 2.42 bits per heavy atom. The van der Waals surface area contributed by atoms with E-state index in [0.717, 1.165) is 17.9 Å². The summed E-state index contributed by atoms with van der Waals surface area (Å²) in [4.78, 5) is 0. The molecule has 102 valence electrons. The lowest BCUT2D eigenvalue weighted by Crippen LogP contribution is -2.06. The number of nitrogens with zero attached hydrogens (tertiary/aromatic N) is 2. The van der Waals surface area contributed by atoms with Crippen molar-refractivity contribution in [2.45, 2.75) is 27.0 Å². The van der Waals surface area contributed by atoms with E-state index in [1.807, 2.05) is 26.5 Å². The van der Waals surface area contributed by atoms with E-state index in [4.69, 9.17) is 4.74 Å². The first-order chi connectivity index (χ1) is 9.10. The number of rotatable bonds is 5. The van der Waals surface area contributed by atoms with Crippen LogP contribution in [0.5, 0.6) is 5.75 Å². The summed E-state index contributed by atoms with van der Waals surface area (Å²) in [5.41, 5.74) is 4.72. The van der Waals surface area contributed by atoms with Gasteiger partial charge in [-0.25, -0.2) is 0 Å². The van der Waals surface area contributed by atoms with Crippen LogP contribution in [0, 0.1) is 13.8 Å². The Labute approximate surface area is 114 Å². The van der Waals surface area contributed by atoms with E-state index in [-0.39, 0.29) is 0 Å². The average molecular weight is 259 g/mol. The zero-order valence-electron chi connectivity index (χ0n) is 12.0. The normalized spacial score (nSPS) is 10.7. The number of aryl methyl sites for hydroxylation is 3. The monoisotopic (exact) mass is 259 g/mol. The van der Waals surface area contributed by atoms with Gasteiger partial charge in [0.15, 0.2) is 0 Å². The fraction of sp³-hybridized carbons (Fsp3) is 0.400. The molecule has 0 bridgehead atoms. The molecule has 0 saturated heterocycles. The first-order valence-electron chi connectivity index (χ1n) is 6.45. The molecule has 1 heterocycles. The molecular formula is C15H21N3O. The first kappa shape index (κ1) is 13.6. The van der Waals surface area contributed by atoms with Crippen LogP contribution in [0.4, 0.5) is 0 Å². The van der Waals surface area contributed by atoms with Gasteiger partial charge in [0, 0.05) is 25.4 Å². The minimum absolute atomic E-state index is 0.556. The van der Waals surface area contributed by atoms with Crippen LogP contribution in [0.1, 0.15) is 22.3 Å². The Morgan fingerprint density at radius 2 is 1.89 bits per heavy atom. The lowest BCUT2D eigenvalue weighted by Gasteiger charge is -2.13. The van der Waals surface area contributed by atoms with E-state index >= 15 is 0 Å². The quantitative estimate of drug-likeness (QED) is 0.895. The molecule has 1 aromatic carbocycles. The Bertz CT molecular complexity index is 537. The van der Waals surface area contributed by atoms with Gasteiger partial charge in [-0.15, -0.1) is 0 Å². The Morgan fingerprint density at radius 1 is 1.21 bits per heavy atom. The molecule has 0 aliphatic heterocycles. The van der Waals surface area contributed by atoms with Crippen molar-refractivity contribution in [2.75, 3.05) is 7.05 Å². The first-order valence-corrected chi connectivity index (χ1v) is 6.45. The molecule has 4 nitrogen and oxygen atoms in total. The topological polar surface area (TPSA) is 39.1 Å². The summed E-state index contributed by atoms with van der Waals surface area (Å²) in [6, 6.07) is 4.34. The second-order valence-corrected chi connectivity index (χ2v) is 4.90. The molecule has 0 radical (unpaired) electrons. The van der Waals surface area contributed by atoms with E-state index in [0.29, 0.717) is 6.61 Å². The molecule has 2 aromatic rings. The van der Waals surface area contributed by atoms with Gasteiger partial charge in [-0.05, 0) is 37.6 Å². The minimum atomic E-state index is 0.556. The van der Waals surface area contributed by atoms with Crippen molar-refractivity contribution in [3.8, 4) is 5.75 Å². The number of hydrogen-bond acceptors (Lipinski definition) is 3. The van der Waals surface area contributed by atoms with Gasteiger partial charge in [0.25, 0.3) is 0 Å². The number of benzene rings is 1. The van der Waals surface area contributed by atoms with Gasteiger partial charge >= 0.3 is 0 Å². The van der Waals surface area contributed by atoms with Crippen LogP contribution in [-0.2, 0) is 20.2 Å². The molecule has 0 atom stereocenters. The Balaban J connectivity index is 2.11. The summed E-state index contributed by atoms with van der Waals surface area (Å²) in [5, 5.41) is 7.31. The number of hydrogen-bond donors (Lipinski definition) is 1. The maximum absolute atomic E-state index is 5.93. The summed E-state index contributed by atoms with van der Waals surface area (Å²) in [5.74, 6) is 0.976. The van der Waals surface area contributed by atoms with Crippen molar-refractivity contribution in [2.24, 2.45) is 7.05 Å². The van der Waals surface area contributed by atoms with Crippen molar-refractivity contribution < 1.29 is 4.74 Å². The fourth-order valence-electron chi connectivity index (χ4n) is 2.28. The average Bonchev–Trinajstić information content (AvgIpc) is 2.74. The minimum Gasteiger partial charge on any atom is -0.488 e. The fourth-order valence-corrected chi connectivity index (χ4v) is 2.28. The maximum Gasteiger partial charge on any atom is 0.125 e. The van der Waals surface area contributed by atoms with Crippen LogP contribution in [0.3, 0.4) is 0 Å². The maximum atomic E-state index is 5.93. The predicted molar refractivity (Wildman–Crippen MR) is 76.2 cm³/mol. The van der Waals surface area contributed by atoms with Crippen molar-refractivity contribution in [1.29, 1.82) is 0 Å². The van der Waals surface area contributed by atoms with E-state index < -0.39 is 0 Å². The van der Waals surface area contributed by atoms with Gasteiger partial charge in [-0.3, -0.25) is 4.68 Å². The number of ether oxygens (including phenoxy) is 1. The third kappa shape index (κ3) is 3.35. The van der Waals surface area contributed by atoms with E-state index in [1.165, 1.54) is 16.7 Å². The molecule has 1 N–H and O–H groups in total. The van der Waals surface area contributed by atoms with Crippen LogP contribution in [-0.4, -0.2) is 16.8 Å². The van der Waals surface area contributed by atoms with Gasteiger partial charge in [0.2, 0.25) is 0 Å². The second kappa shape index (κ2) is 5.89.